The van der Waals surface area contributed by atoms with Crippen molar-refractivity contribution in [2.24, 2.45) is 5.92 Å². The summed E-state index contributed by atoms with van der Waals surface area (Å²) < 4.78 is 1.07. The van der Waals surface area contributed by atoms with Crippen molar-refractivity contribution in [2.45, 2.75) is 12.8 Å². The number of thiophene rings is 1. The van der Waals surface area contributed by atoms with Crippen LogP contribution in [0.15, 0.2) is 40.4 Å². The Kier molecular flexibility index (Phi) is 4.52. The lowest BCUT2D eigenvalue weighted by molar-refractivity contribution is 0.208. The van der Waals surface area contributed by atoms with Gasteiger partial charge in [0.1, 0.15) is 17.0 Å². The van der Waals surface area contributed by atoms with E-state index in [0.717, 1.165) is 46.4 Å². The van der Waals surface area contributed by atoms with E-state index in [4.69, 9.17) is 0 Å². The Morgan fingerprint density at radius 2 is 2.08 bits per heavy atom. The fourth-order valence-corrected chi connectivity index (χ4v) is 4.52. The lowest BCUT2D eigenvalue weighted by Crippen LogP contribution is -2.37. The maximum absolute atomic E-state index is 9.53. The Morgan fingerprint density at radius 3 is 2.88 bits per heavy atom. The highest BCUT2D eigenvalue weighted by molar-refractivity contribution is 9.10. The largest absolute Gasteiger partial charge is 0.396 e. The number of rotatable bonds is 3. The second-order valence-electron chi connectivity index (χ2n) is 6.17. The SMILES string of the molecule is OC[C@@H]1CCCN(c2ncnc3scc(-c4ccc(Br)cc4)c23)C1. The molecule has 4 nitrogen and oxygen atoms in total. The van der Waals surface area contributed by atoms with E-state index in [2.05, 4.69) is 60.4 Å². The molecule has 0 amide bonds. The standard InChI is InChI=1S/C18H18BrN3OS/c19-14-5-3-13(4-6-14)15-10-24-18-16(15)17(20-11-21-18)22-7-1-2-12(8-22)9-23/h3-6,10-12,23H,1-2,7-9H2/t12-/m1/s1. The number of halogens is 1. The lowest BCUT2D eigenvalue weighted by atomic mass is 9.98. The van der Waals surface area contributed by atoms with Crippen LogP contribution >= 0.6 is 27.3 Å². The number of hydrogen-bond donors (Lipinski definition) is 1. The molecule has 1 aliphatic rings. The molecular formula is C18H18BrN3OS. The number of anilines is 1. The van der Waals surface area contributed by atoms with Crippen molar-refractivity contribution in [3.05, 3.63) is 40.4 Å². The minimum absolute atomic E-state index is 0.244. The van der Waals surface area contributed by atoms with Crippen molar-refractivity contribution in [3.63, 3.8) is 0 Å². The normalized spacial score (nSPS) is 18.2. The van der Waals surface area contributed by atoms with Crippen molar-refractivity contribution < 1.29 is 5.11 Å². The van der Waals surface area contributed by atoms with Crippen molar-refractivity contribution >= 4 is 43.3 Å². The fraction of sp³-hybridized carbons (Fsp3) is 0.333. The molecule has 0 saturated carbocycles. The summed E-state index contributed by atoms with van der Waals surface area (Å²) in [5.41, 5.74) is 2.36. The molecule has 1 fully saturated rings. The molecule has 3 heterocycles. The lowest BCUT2D eigenvalue weighted by Gasteiger charge is -2.33. The van der Waals surface area contributed by atoms with Crippen LogP contribution in [0.2, 0.25) is 0 Å². The molecule has 1 atom stereocenters. The summed E-state index contributed by atoms with van der Waals surface area (Å²) in [6, 6.07) is 8.36. The zero-order valence-electron chi connectivity index (χ0n) is 13.2. The number of nitrogens with zero attached hydrogens (tertiary/aromatic N) is 3. The van der Waals surface area contributed by atoms with Crippen LogP contribution in [0.25, 0.3) is 21.3 Å². The highest BCUT2D eigenvalue weighted by atomic mass is 79.9. The number of hydrogen-bond acceptors (Lipinski definition) is 5. The van der Waals surface area contributed by atoms with Crippen molar-refractivity contribution in [1.29, 1.82) is 0 Å². The molecule has 0 radical (unpaired) electrons. The quantitative estimate of drug-likeness (QED) is 0.706. The molecular weight excluding hydrogens is 386 g/mol. The van der Waals surface area contributed by atoms with Crippen LogP contribution in [0.4, 0.5) is 5.82 Å². The predicted octanol–water partition coefficient (Wildman–Crippen LogP) is 4.33. The van der Waals surface area contributed by atoms with Gasteiger partial charge >= 0.3 is 0 Å². The van der Waals surface area contributed by atoms with Crippen LogP contribution in [0.1, 0.15) is 12.8 Å². The molecule has 6 heteroatoms. The summed E-state index contributed by atoms with van der Waals surface area (Å²) in [5, 5.41) is 12.8. The van der Waals surface area contributed by atoms with E-state index in [-0.39, 0.29) is 6.61 Å². The van der Waals surface area contributed by atoms with E-state index in [0.29, 0.717) is 5.92 Å². The number of aromatic nitrogens is 2. The van der Waals surface area contributed by atoms with Crippen molar-refractivity contribution in [2.75, 3.05) is 24.6 Å². The number of aliphatic hydroxyl groups excluding tert-OH is 1. The van der Waals surface area contributed by atoms with E-state index in [1.54, 1.807) is 17.7 Å². The summed E-state index contributed by atoms with van der Waals surface area (Å²) in [5.74, 6) is 1.33. The maximum atomic E-state index is 9.53. The van der Waals surface area contributed by atoms with Gasteiger partial charge in [-0.2, -0.15) is 0 Å². The monoisotopic (exact) mass is 403 g/mol. The first-order valence-electron chi connectivity index (χ1n) is 8.10. The summed E-state index contributed by atoms with van der Waals surface area (Å²) in [6.07, 6.45) is 3.83. The van der Waals surface area contributed by atoms with E-state index >= 15 is 0 Å². The van der Waals surface area contributed by atoms with Crippen molar-refractivity contribution in [3.8, 4) is 11.1 Å². The van der Waals surface area contributed by atoms with Crippen LogP contribution < -0.4 is 4.90 Å². The van der Waals surface area contributed by atoms with Gasteiger partial charge in [0, 0.05) is 35.1 Å². The Balaban J connectivity index is 1.81. The molecule has 2 aromatic heterocycles. The summed E-state index contributed by atoms with van der Waals surface area (Å²) in [6.45, 7) is 2.09. The molecule has 1 saturated heterocycles. The molecule has 0 spiro atoms. The topological polar surface area (TPSA) is 49.2 Å². The third kappa shape index (κ3) is 2.94. The van der Waals surface area contributed by atoms with Crippen LogP contribution in [0, 0.1) is 5.92 Å². The molecule has 4 rings (SSSR count). The van der Waals surface area contributed by atoms with Crippen LogP contribution in [-0.2, 0) is 0 Å². The molecule has 3 aromatic rings. The summed E-state index contributed by atoms with van der Waals surface area (Å²) in [4.78, 5) is 12.4. The molecule has 0 unspecified atom stereocenters. The zero-order chi connectivity index (χ0) is 16.5. The first-order valence-corrected chi connectivity index (χ1v) is 9.77. The van der Waals surface area contributed by atoms with Gasteiger partial charge in [-0.25, -0.2) is 9.97 Å². The first-order chi connectivity index (χ1) is 11.8. The average Bonchev–Trinajstić information content (AvgIpc) is 3.06. The third-order valence-electron chi connectivity index (χ3n) is 4.58. The van der Waals surface area contributed by atoms with Gasteiger partial charge in [0.25, 0.3) is 0 Å². The highest BCUT2D eigenvalue weighted by Crippen LogP contribution is 2.39. The van der Waals surface area contributed by atoms with E-state index in [9.17, 15) is 5.11 Å². The van der Waals surface area contributed by atoms with Gasteiger partial charge in [-0.1, -0.05) is 28.1 Å². The van der Waals surface area contributed by atoms with E-state index in [1.807, 2.05) is 0 Å². The zero-order valence-corrected chi connectivity index (χ0v) is 15.6. The molecule has 0 aliphatic carbocycles. The fourth-order valence-electron chi connectivity index (χ4n) is 3.35. The van der Waals surface area contributed by atoms with Gasteiger partial charge in [0.05, 0.1) is 5.39 Å². The molecule has 1 N–H and O–H groups in total. The van der Waals surface area contributed by atoms with Gasteiger partial charge < -0.3 is 10.0 Å². The molecule has 24 heavy (non-hydrogen) atoms. The number of fused-ring (bicyclic) bond motifs is 1. The van der Waals surface area contributed by atoms with Gasteiger partial charge in [-0.3, -0.25) is 0 Å². The Bertz CT molecular complexity index is 849. The smallest absolute Gasteiger partial charge is 0.141 e. The molecule has 124 valence electrons. The predicted molar refractivity (Wildman–Crippen MR) is 103 cm³/mol. The molecule has 1 aliphatic heterocycles. The minimum Gasteiger partial charge on any atom is -0.396 e. The van der Waals surface area contributed by atoms with Crippen LogP contribution in [-0.4, -0.2) is 34.8 Å². The van der Waals surface area contributed by atoms with Gasteiger partial charge in [0.2, 0.25) is 0 Å². The summed E-state index contributed by atoms with van der Waals surface area (Å²) in [7, 11) is 0. The highest BCUT2D eigenvalue weighted by Gasteiger charge is 2.23. The van der Waals surface area contributed by atoms with Gasteiger partial charge in [-0.05, 0) is 36.5 Å². The summed E-state index contributed by atoms with van der Waals surface area (Å²) >= 11 is 5.15. The number of piperidine rings is 1. The van der Waals surface area contributed by atoms with E-state index < -0.39 is 0 Å². The Labute approximate surface area is 153 Å². The van der Waals surface area contributed by atoms with E-state index in [1.165, 1.54) is 11.1 Å². The second kappa shape index (κ2) is 6.78. The Morgan fingerprint density at radius 1 is 1.25 bits per heavy atom. The van der Waals surface area contributed by atoms with Crippen molar-refractivity contribution in [1.82, 2.24) is 9.97 Å². The Hall–Kier alpha value is -1.50. The van der Waals surface area contributed by atoms with Gasteiger partial charge in [0.15, 0.2) is 0 Å². The minimum atomic E-state index is 0.244. The molecule has 0 bridgehead atoms. The average molecular weight is 404 g/mol. The molecule has 1 aromatic carbocycles. The third-order valence-corrected chi connectivity index (χ3v) is 6.00. The van der Waals surface area contributed by atoms with Crippen LogP contribution in [0.3, 0.4) is 0 Å². The maximum Gasteiger partial charge on any atom is 0.141 e. The number of aliphatic hydroxyl groups is 1. The van der Waals surface area contributed by atoms with Crippen LogP contribution in [0.5, 0.6) is 0 Å². The van der Waals surface area contributed by atoms with Gasteiger partial charge in [-0.15, -0.1) is 11.3 Å². The first kappa shape index (κ1) is 16.0. The second-order valence-corrected chi connectivity index (χ2v) is 7.94. The number of benzene rings is 1.